The number of benzene rings is 1. The molecule has 0 aliphatic carbocycles. The highest BCUT2D eigenvalue weighted by Crippen LogP contribution is 2.27. The Bertz CT molecular complexity index is 561. The molecule has 1 aromatic heterocycles. The third kappa shape index (κ3) is 2.62. The fourth-order valence-corrected chi connectivity index (χ4v) is 1.77. The number of rotatable bonds is 5. The van der Waals surface area contributed by atoms with Crippen molar-refractivity contribution in [1.82, 2.24) is 0 Å². The zero-order chi connectivity index (χ0) is 13.1. The maximum Gasteiger partial charge on any atom is 0.303 e. The van der Waals surface area contributed by atoms with Crippen molar-refractivity contribution in [1.29, 1.82) is 0 Å². The number of carboxylic acid groups (broad SMARTS) is 1. The van der Waals surface area contributed by atoms with Gasteiger partial charge in [0.25, 0.3) is 0 Å². The minimum absolute atomic E-state index is 0.0293. The number of nitrogens with two attached hydrogens (primary N) is 1. The van der Waals surface area contributed by atoms with Crippen molar-refractivity contribution in [2.45, 2.75) is 18.9 Å². The standard InChI is InChI=1S/C13H15NO4/c1-17-9-2-4-11-8(6-9)7-12(18-11)10(14)3-5-13(15)16/h2,4,6-7,10H,3,5,14H2,1H3,(H,15,16). The van der Waals surface area contributed by atoms with Crippen LogP contribution in [0.2, 0.25) is 0 Å². The second-order valence-corrected chi connectivity index (χ2v) is 4.09. The SMILES string of the molecule is COc1ccc2oc(C(N)CCC(=O)O)cc2c1. The third-order valence-corrected chi connectivity index (χ3v) is 2.78. The second-order valence-electron chi connectivity index (χ2n) is 4.09. The number of furan rings is 1. The molecule has 0 aliphatic rings. The van der Waals surface area contributed by atoms with Crippen LogP contribution in [0.1, 0.15) is 24.6 Å². The van der Waals surface area contributed by atoms with Gasteiger partial charge in [0.05, 0.1) is 13.2 Å². The molecule has 1 atom stereocenters. The molecule has 0 saturated carbocycles. The van der Waals surface area contributed by atoms with Crippen LogP contribution in [0, 0.1) is 0 Å². The van der Waals surface area contributed by atoms with Gasteiger partial charge in [-0.3, -0.25) is 4.79 Å². The molecular weight excluding hydrogens is 234 g/mol. The lowest BCUT2D eigenvalue weighted by Crippen LogP contribution is -2.11. The smallest absolute Gasteiger partial charge is 0.303 e. The van der Waals surface area contributed by atoms with Gasteiger partial charge in [-0.25, -0.2) is 0 Å². The van der Waals surface area contributed by atoms with Gasteiger partial charge < -0.3 is 20.0 Å². The molecule has 5 heteroatoms. The van der Waals surface area contributed by atoms with E-state index in [1.165, 1.54) is 0 Å². The van der Waals surface area contributed by atoms with Crippen LogP contribution in [0.15, 0.2) is 28.7 Å². The van der Waals surface area contributed by atoms with Crippen molar-refractivity contribution in [2.24, 2.45) is 5.73 Å². The molecule has 0 aliphatic heterocycles. The van der Waals surface area contributed by atoms with E-state index in [1.54, 1.807) is 13.2 Å². The minimum Gasteiger partial charge on any atom is -0.497 e. The van der Waals surface area contributed by atoms with Gasteiger partial charge in [-0.1, -0.05) is 0 Å². The second kappa shape index (κ2) is 5.10. The van der Waals surface area contributed by atoms with Gasteiger partial charge in [-0.2, -0.15) is 0 Å². The highest BCUT2D eigenvalue weighted by Gasteiger charge is 2.13. The summed E-state index contributed by atoms with van der Waals surface area (Å²) in [5.41, 5.74) is 6.61. The monoisotopic (exact) mass is 249 g/mol. The van der Waals surface area contributed by atoms with E-state index < -0.39 is 12.0 Å². The molecule has 3 N–H and O–H groups in total. The Morgan fingerprint density at radius 3 is 2.94 bits per heavy atom. The number of ether oxygens (including phenoxy) is 1. The van der Waals surface area contributed by atoms with E-state index in [0.29, 0.717) is 12.2 Å². The number of fused-ring (bicyclic) bond motifs is 1. The molecule has 1 unspecified atom stereocenters. The Labute approximate surface area is 104 Å². The Morgan fingerprint density at radius 2 is 2.28 bits per heavy atom. The van der Waals surface area contributed by atoms with E-state index in [1.807, 2.05) is 18.2 Å². The quantitative estimate of drug-likeness (QED) is 0.849. The number of methoxy groups -OCH3 is 1. The highest BCUT2D eigenvalue weighted by molar-refractivity contribution is 5.79. The first kappa shape index (κ1) is 12.4. The molecule has 1 heterocycles. The number of hydrogen-bond acceptors (Lipinski definition) is 4. The summed E-state index contributed by atoms with van der Waals surface area (Å²) in [6.07, 6.45) is 0.383. The van der Waals surface area contributed by atoms with Crippen molar-refractivity contribution in [3.63, 3.8) is 0 Å². The summed E-state index contributed by atoms with van der Waals surface area (Å²) in [5.74, 6) is 0.483. The van der Waals surface area contributed by atoms with Crippen LogP contribution in [-0.2, 0) is 4.79 Å². The van der Waals surface area contributed by atoms with Crippen LogP contribution < -0.4 is 10.5 Å². The molecule has 0 spiro atoms. The van der Waals surface area contributed by atoms with Gasteiger partial charge in [-0.15, -0.1) is 0 Å². The van der Waals surface area contributed by atoms with E-state index in [0.717, 1.165) is 16.7 Å². The summed E-state index contributed by atoms with van der Waals surface area (Å²) >= 11 is 0. The molecule has 5 nitrogen and oxygen atoms in total. The van der Waals surface area contributed by atoms with Crippen molar-refractivity contribution >= 4 is 16.9 Å². The summed E-state index contributed by atoms with van der Waals surface area (Å²) in [4.78, 5) is 10.5. The fourth-order valence-electron chi connectivity index (χ4n) is 1.77. The van der Waals surface area contributed by atoms with Crippen molar-refractivity contribution in [2.75, 3.05) is 7.11 Å². The van der Waals surface area contributed by atoms with E-state index in [-0.39, 0.29) is 6.42 Å². The Hall–Kier alpha value is -2.01. The third-order valence-electron chi connectivity index (χ3n) is 2.78. The predicted octanol–water partition coefficient (Wildman–Crippen LogP) is 2.31. The summed E-state index contributed by atoms with van der Waals surface area (Å²) in [7, 11) is 1.60. The molecule has 0 fully saturated rings. The lowest BCUT2D eigenvalue weighted by molar-refractivity contribution is -0.137. The van der Waals surface area contributed by atoms with Crippen LogP contribution >= 0.6 is 0 Å². The summed E-state index contributed by atoms with van der Waals surface area (Å²) in [6, 6.07) is 6.89. The lowest BCUT2D eigenvalue weighted by atomic mass is 10.1. The van der Waals surface area contributed by atoms with E-state index in [4.69, 9.17) is 20.0 Å². The zero-order valence-corrected chi connectivity index (χ0v) is 10.1. The number of hydrogen-bond donors (Lipinski definition) is 2. The van der Waals surface area contributed by atoms with Crippen molar-refractivity contribution < 1.29 is 19.1 Å². The molecule has 2 aromatic rings. The Balaban J connectivity index is 2.21. The molecule has 1 aromatic carbocycles. The average Bonchev–Trinajstić information content (AvgIpc) is 2.78. The molecule has 2 rings (SSSR count). The lowest BCUT2D eigenvalue weighted by Gasteiger charge is -2.05. The van der Waals surface area contributed by atoms with Crippen molar-refractivity contribution in [3.05, 3.63) is 30.0 Å². The molecule has 18 heavy (non-hydrogen) atoms. The van der Waals surface area contributed by atoms with Gasteiger partial charge in [-0.05, 0) is 30.7 Å². The van der Waals surface area contributed by atoms with E-state index in [9.17, 15) is 4.79 Å². The van der Waals surface area contributed by atoms with Gasteiger partial charge >= 0.3 is 5.97 Å². The van der Waals surface area contributed by atoms with E-state index in [2.05, 4.69) is 0 Å². The molecule has 0 saturated heterocycles. The first-order chi connectivity index (χ1) is 8.60. The van der Waals surface area contributed by atoms with Crippen LogP contribution in [0.5, 0.6) is 5.75 Å². The maximum atomic E-state index is 10.5. The largest absolute Gasteiger partial charge is 0.497 e. The first-order valence-corrected chi connectivity index (χ1v) is 5.65. The van der Waals surface area contributed by atoms with Crippen LogP contribution in [0.25, 0.3) is 11.0 Å². The Morgan fingerprint density at radius 1 is 1.50 bits per heavy atom. The number of carboxylic acids is 1. The van der Waals surface area contributed by atoms with Gasteiger partial charge in [0.2, 0.25) is 0 Å². The predicted molar refractivity (Wildman–Crippen MR) is 66.6 cm³/mol. The van der Waals surface area contributed by atoms with Gasteiger partial charge in [0, 0.05) is 11.8 Å². The van der Waals surface area contributed by atoms with Crippen LogP contribution in [0.4, 0.5) is 0 Å². The van der Waals surface area contributed by atoms with Crippen LogP contribution in [0.3, 0.4) is 0 Å². The van der Waals surface area contributed by atoms with Crippen molar-refractivity contribution in [3.8, 4) is 5.75 Å². The van der Waals surface area contributed by atoms with Gasteiger partial charge in [0.15, 0.2) is 0 Å². The molecule has 0 radical (unpaired) electrons. The highest BCUT2D eigenvalue weighted by atomic mass is 16.5. The first-order valence-electron chi connectivity index (χ1n) is 5.65. The Kier molecular flexibility index (Phi) is 3.53. The maximum absolute atomic E-state index is 10.5. The number of carbonyl (C=O) groups is 1. The molecule has 96 valence electrons. The normalized spacial score (nSPS) is 12.6. The minimum atomic E-state index is -0.858. The fraction of sp³-hybridized carbons (Fsp3) is 0.308. The average molecular weight is 249 g/mol. The topological polar surface area (TPSA) is 85.7 Å². The summed E-state index contributed by atoms with van der Waals surface area (Å²) < 4.78 is 10.7. The molecule has 0 bridgehead atoms. The molecular formula is C13H15NO4. The zero-order valence-electron chi connectivity index (χ0n) is 10.1. The van der Waals surface area contributed by atoms with Gasteiger partial charge in [0.1, 0.15) is 17.1 Å². The summed E-state index contributed by atoms with van der Waals surface area (Å²) in [6.45, 7) is 0. The van der Waals surface area contributed by atoms with Crippen LogP contribution in [-0.4, -0.2) is 18.2 Å². The number of aliphatic carboxylic acids is 1. The summed E-state index contributed by atoms with van der Waals surface area (Å²) in [5, 5.41) is 9.51. The van der Waals surface area contributed by atoms with E-state index >= 15 is 0 Å². The molecule has 0 amide bonds.